The molecule has 1 unspecified atom stereocenters. The van der Waals surface area contributed by atoms with Crippen LogP contribution in [0.25, 0.3) is 0 Å². The summed E-state index contributed by atoms with van der Waals surface area (Å²) in [6.07, 6.45) is 1.33. The molecule has 0 saturated carbocycles. The molecule has 0 bridgehead atoms. The third-order valence-corrected chi connectivity index (χ3v) is 4.40. The molecule has 1 heterocycles. The number of carbonyl (C=O) groups excluding carboxylic acids is 1. The van der Waals surface area contributed by atoms with Gasteiger partial charge in [-0.05, 0) is 18.6 Å². The lowest BCUT2D eigenvalue weighted by atomic mass is 10.2. The summed E-state index contributed by atoms with van der Waals surface area (Å²) >= 11 is 4.50. The van der Waals surface area contributed by atoms with Gasteiger partial charge < -0.3 is 10.4 Å². The molecular weight excluding hydrogens is 358 g/mol. The molecule has 2 rings (SSSR count). The van der Waals surface area contributed by atoms with Crippen LogP contribution in [-0.4, -0.2) is 33.6 Å². The average Bonchev–Trinajstić information content (AvgIpc) is 2.72. The Morgan fingerprint density at radius 3 is 3.00 bits per heavy atom. The summed E-state index contributed by atoms with van der Waals surface area (Å²) in [6.45, 7) is 1.99. The third-order valence-electron chi connectivity index (χ3n) is 2.64. The van der Waals surface area contributed by atoms with Crippen LogP contribution >= 0.6 is 27.7 Å². The number of amidine groups is 1. The molecule has 21 heavy (non-hydrogen) atoms. The quantitative estimate of drug-likeness (QED) is 0.628. The van der Waals surface area contributed by atoms with Crippen molar-refractivity contribution in [3.63, 3.8) is 0 Å². The molecule has 8 heteroatoms. The minimum absolute atomic E-state index is 0.233. The van der Waals surface area contributed by atoms with Crippen molar-refractivity contribution in [2.24, 2.45) is 10.2 Å². The van der Waals surface area contributed by atoms with E-state index in [-0.39, 0.29) is 12.3 Å². The van der Waals surface area contributed by atoms with Gasteiger partial charge in [-0.3, -0.25) is 9.59 Å². The summed E-state index contributed by atoms with van der Waals surface area (Å²) in [5, 5.41) is 18.7. The van der Waals surface area contributed by atoms with Crippen LogP contribution in [0.5, 0.6) is 0 Å². The Hall–Kier alpha value is -1.67. The molecule has 0 aliphatic carbocycles. The number of nitrogens with zero attached hydrogens (tertiary/aromatic N) is 2. The molecular formula is C13H12BrN3O3S. The summed E-state index contributed by atoms with van der Waals surface area (Å²) in [5.41, 5.74) is 1.99. The monoisotopic (exact) mass is 369 g/mol. The fourth-order valence-corrected chi connectivity index (χ4v) is 3.14. The number of halogens is 1. The second-order valence-corrected chi connectivity index (χ2v) is 6.41. The largest absolute Gasteiger partial charge is 0.481 e. The summed E-state index contributed by atoms with van der Waals surface area (Å²) in [4.78, 5) is 22.1. The summed E-state index contributed by atoms with van der Waals surface area (Å²) < 4.78 is 0.901. The van der Waals surface area contributed by atoms with E-state index in [9.17, 15) is 9.59 Å². The van der Waals surface area contributed by atoms with E-state index >= 15 is 0 Å². The lowest BCUT2D eigenvalue weighted by molar-refractivity contribution is -0.138. The number of carbonyl (C=O) groups is 2. The number of amides is 1. The number of rotatable bonds is 4. The zero-order valence-corrected chi connectivity index (χ0v) is 13.4. The van der Waals surface area contributed by atoms with Gasteiger partial charge in [-0.15, -0.1) is 5.10 Å². The number of hydrogen-bond acceptors (Lipinski definition) is 5. The Morgan fingerprint density at radius 2 is 2.33 bits per heavy atom. The van der Waals surface area contributed by atoms with Gasteiger partial charge in [0.25, 0.3) is 0 Å². The zero-order valence-electron chi connectivity index (χ0n) is 11.0. The molecule has 1 aromatic carbocycles. The Bertz CT molecular complexity index is 646. The normalized spacial score (nSPS) is 20.2. The summed E-state index contributed by atoms with van der Waals surface area (Å²) in [6, 6.07) is 5.81. The van der Waals surface area contributed by atoms with Crippen molar-refractivity contribution in [1.82, 2.24) is 5.32 Å². The number of nitrogens with one attached hydrogen (secondary N) is 1. The molecule has 1 fully saturated rings. The SMILES string of the molecule is Cc1ccc(C=NN=C2NC(=O)C(CC(=O)O)S2)c(Br)c1. The maximum atomic E-state index is 11.5. The van der Waals surface area contributed by atoms with Crippen molar-refractivity contribution in [2.45, 2.75) is 18.6 Å². The van der Waals surface area contributed by atoms with E-state index in [4.69, 9.17) is 5.11 Å². The van der Waals surface area contributed by atoms with E-state index in [1.54, 1.807) is 6.21 Å². The zero-order chi connectivity index (χ0) is 15.4. The Balaban J connectivity index is 2.03. The predicted octanol–water partition coefficient (Wildman–Crippen LogP) is 2.15. The first-order chi connectivity index (χ1) is 9.95. The molecule has 110 valence electrons. The Kier molecular flexibility index (Phi) is 5.13. The molecule has 0 spiro atoms. The number of thioether (sulfide) groups is 1. The summed E-state index contributed by atoms with van der Waals surface area (Å²) in [7, 11) is 0. The van der Waals surface area contributed by atoms with Crippen LogP contribution in [-0.2, 0) is 9.59 Å². The molecule has 6 nitrogen and oxygen atoms in total. The molecule has 1 aromatic rings. The first-order valence-corrected chi connectivity index (χ1v) is 7.69. The highest BCUT2D eigenvalue weighted by molar-refractivity contribution is 9.10. The Morgan fingerprint density at radius 1 is 1.57 bits per heavy atom. The van der Waals surface area contributed by atoms with Gasteiger partial charge in [-0.2, -0.15) is 5.10 Å². The molecule has 2 N–H and O–H groups in total. The van der Waals surface area contributed by atoms with E-state index in [0.29, 0.717) is 5.17 Å². The standard InChI is InChI=1S/C13H12BrN3O3S/c1-7-2-3-8(9(14)4-7)6-15-17-13-16-12(20)10(21-13)5-11(18)19/h2-4,6,10H,5H2,1H3,(H,18,19)(H,16,17,20). The number of carboxylic acid groups (broad SMARTS) is 1. The summed E-state index contributed by atoms with van der Waals surface area (Å²) in [5.74, 6) is -1.37. The highest BCUT2D eigenvalue weighted by atomic mass is 79.9. The van der Waals surface area contributed by atoms with Gasteiger partial charge in [0.1, 0.15) is 5.25 Å². The van der Waals surface area contributed by atoms with Crippen molar-refractivity contribution in [3.05, 3.63) is 33.8 Å². The number of aryl methyl sites for hydroxylation is 1. The van der Waals surface area contributed by atoms with Gasteiger partial charge in [0, 0.05) is 10.0 Å². The van der Waals surface area contributed by atoms with E-state index in [2.05, 4.69) is 31.4 Å². The fourth-order valence-electron chi connectivity index (χ4n) is 1.63. The predicted molar refractivity (Wildman–Crippen MR) is 85.7 cm³/mol. The number of aliphatic carboxylic acids is 1. The molecule has 0 radical (unpaired) electrons. The maximum Gasteiger partial charge on any atom is 0.305 e. The molecule has 1 amide bonds. The van der Waals surface area contributed by atoms with E-state index in [1.807, 2.05) is 25.1 Å². The van der Waals surface area contributed by atoms with Crippen molar-refractivity contribution in [1.29, 1.82) is 0 Å². The Labute approximate surface area is 133 Å². The van der Waals surface area contributed by atoms with E-state index < -0.39 is 11.2 Å². The second-order valence-electron chi connectivity index (χ2n) is 4.37. The first-order valence-electron chi connectivity index (χ1n) is 6.02. The topological polar surface area (TPSA) is 91.1 Å². The van der Waals surface area contributed by atoms with Crippen LogP contribution in [0.2, 0.25) is 0 Å². The smallest absolute Gasteiger partial charge is 0.305 e. The van der Waals surface area contributed by atoms with Gasteiger partial charge in [0.05, 0.1) is 12.6 Å². The van der Waals surface area contributed by atoms with Crippen molar-refractivity contribution in [2.75, 3.05) is 0 Å². The molecule has 1 aliphatic rings. The van der Waals surface area contributed by atoms with Gasteiger partial charge in [0.15, 0.2) is 5.17 Å². The van der Waals surface area contributed by atoms with Crippen LogP contribution < -0.4 is 5.32 Å². The minimum Gasteiger partial charge on any atom is -0.481 e. The molecule has 0 aromatic heterocycles. The molecule has 1 atom stereocenters. The first kappa shape index (κ1) is 15.7. The minimum atomic E-state index is -1.02. The van der Waals surface area contributed by atoms with Crippen LogP contribution in [0.1, 0.15) is 17.5 Å². The fraction of sp³-hybridized carbons (Fsp3) is 0.231. The van der Waals surface area contributed by atoms with Gasteiger partial charge >= 0.3 is 5.97 Å². The third kappa shape index (κ3) is 4.40. The van der Waals surface area contributed by atoms with Crippen LogP contribution in [0.15, 0.2) is 32.9 Å². The van der Waals surface area contributed by atoms with Crippen LogP contribution in [0.3, 0.4) is 0 Å². The molecule has 1 aliphatic heterocycles. The van der Waals surface area contributed by atoms with Gasteiger partial charge in [-0.1, -0.05) is 39.8 Å². The maximum absolute atomic E-state index is 11.5. The van der Waals surface area contributed by atoms with Crippen LogP contribution in [0.4, 0.5) is 0 Å². The van der Waals surface area contributed by atoms with Crippen molar-refractivity contribution < 1.29 is 14.7 Å². The van der Waals surface area contributed by atoms with E-state index in [1.165, 1.54) is 0 Å². The van der Waals surface area contributed by atoms with E-state index in [0.717, 1.165) is 27.4 Å². The number of benzene rings is 1. The highest BCUT2D eigenvalue weighted by Gasteiger charge is 2.32. The lowest BCUT2D eigenvalue weighted by Gasteiger charge is -1.98. The molecule has 1 saturated heterocycles. The average molecular weight is 370 g/mol. The van der Waals surface area contributed by atoms with Gasteiger partial charge in [-0.25, -0.2) is 0 Å². The highest BCUT2D eigenvalue weighted by Crippen LogP contribution is 2.22. The van der Waals surface area contributed by atoms with Crippen molar-refractivity contribution >= 4 is 51.0 Å². The van der Waals surface area contributed by atoms with Gasteiger partial charge in [0.2, 0.25) is 5.91 Å². The number of hydrogen-bond donors (Lipinski definition) is 2. The van der Waals surface area contributed by atoms with Crippen LogP contribution in [0, 0.1) is 6.92 Å². The van der Waals surface area contributed by atoms with Crippen molar-refractivity contribution in [3.8, 4) is 0 Å². The lowest BCUT2D eigenvalue weighted by Crippen LogP contribution is -2.26. The second kappa shape index (κ2) is 6.86. The number of carboxylic acids is 1.